The summed E-state index contributed by atoms with van der Waals surface area (Å²) in [5, 5.41) is 2.52. The molecular weight excluding hydrogens is 506 g/mol. The molecule has 1 unspecified atom stereocenters. The smallest absolute Gasteiger partial charge is 0.255 e. The highest BCUT2D eigenvalue weighted by Gasteiger charge is 2.57. The predicted octanol–water partition coefficient (Wildman–Crippen LogP) is 5.17. The second-order valence-corrected chi connectivity index (χ2v) is 9.62. The zero-order valence-corrected chi connectivity index (χ0v) is 20.4. The van der Waals surface area contributed by atoms with Crippen molar-refractivity contribution in [1.29, 1.82) is 0 Å². The zero-order valence-electron chi connectivity index (χ0n) is 20.4. The molecule has 1 N–H and O–H groups in total. The van der Waals surface area contributed by atoms with E-state index in [0.717, 1.165) is 35.0 Å². The number of carbonyl (C=O) groups is 2. The molecule has 0 fully saturated rings. The molecule has 0 radical (unpaired) electrons. The summed E-state index contributed by atoms with van der Waals surface area (Å²) in [6.45, 7) is 0.456. The van der Waals surface area contributed by atoms with E-state index < -0.39 is 23.0 Å². The van der Waals surface area contributed by atoms with Gasteiger partial charge >= 0.3 is 0 Å². The highest BCUT2D eigenvalue weighted by molar-refractivity contribution is 6.11. The Morgan fingerprint density at radius 1 is 0.846 bits per heavy atom. The Balaban J connectivity index is 1.21. The molecule has 2 amide bonds. The molecule has 7 rings (SSSR count). The topological polar surface area (TPSA) is 77.1 Å². The van der Waals surface area contributed by atoms with Gasteiger partial charge in [0.15, 0.2) is 11.5 Å². The Bertz CT molecular complexity index is 1670. The summed E-state index contributed by atoms with van der Waals surface area (Å²) >= 11 is 0. The average molecular weight is 526 g/mol. The lowest BCUT2D eigenvalue weighted by molar-refractivity contribution is -0.122. The van der Waals surface area contributed by atoms with Crippen LogP contribution in [-0.4, -0.2) is 25.2 Å². The van der Waals surface area contributed by atoms with Crippen LogP contribution in [0.1, 0.15) is 27.0 Å². The minimum atomic E-state index is -1.04. The molecule has 0 saturated carbocycles. The Labute approximate surface area is 221 Å². The van der Waals surface area contributed by atoms with E-state index in [9.17, 15) is 18.4 Å². The van der Waals surface area contributed by atoms with Crippen molar-refractivity contribution < 1.29 is 32.6 Å². The van der Waals surface area contributed by atoms with Gasteiger partial charge in [-0.3, -0.25) is 9.59 Å². The number of carbonyl (C=O) groups excluding carboxylic acids is 2. The first-order chi connectivity index (χ1) is 18.9. The van der Waals surface area contributed by atoms with E-state index in [1.54, 1.807) is 29.2 Å². The van der Waals surface area contributed by atoms with Gasteiger partial charge in [0.1, 0.15) is 29.4 Å². The molecule has 3 heterocycles. The van der Waals surface area contributed by atoms with Crippen molar-refractivity contribution >= 4 is 23.2 Å². The molecule has 39 heavy (non-hydrogen) atoms. The number of anilines is 2. The Morgan fingerprint density at radius 2 is 1.62 bits per heavy atom. The highest BCUT2D eigenvalue weighted by Crippen LogP contribution is 2.55. The maximum absolute atomic E-state index is 14.2. The largest absolute Gasteiger partial charge is 0.491 e. The Kier molecular flexibility index (Phi) is 5.09. The number of hydrogen-bond donors (Lipinski definition) is 1. The number of hydrogen-bond acceptors (Lipinski definition) is 5. The summed E-state index contributed by atoms with van der Waals surface area (Å²) in [5.41, 5.74) is 2.27. The molecule has 7 nitrogen and oxygen atoms in total. The van der Waals surface area contributed by atoms with Gasteiger partial charge in [0.05, 0.1) is 6.54 Å². The van der Waals surface area contributed by atoms with Crippen LogP contribution in [0.15, 0.2) is 78.9 Å². The van der Waals surface area contributed by atoms with E-state index in [4.69, 9.17) is 14.2 Å². The number of fused-ring (bicyclic) bond motifs is 5. The summed E-state index contributed by atoms with van der Waals surface area (Å²) in [7, 11) is 0. The standard InChI is InChI=1S/C30H20F2N2O5/c31-19-9-20(32)11-21(10-19)33-28(35)18-5-3-4-17(8-18)14-34-24-7-2-1-6-22(24)30(29(34)36)15-37-25-13-27-26(12-23(25)30)38-16-39-27/h1-13H,14-16H2,(H,33,35). The molecule has 1 atom stereocenters. The highest BCUT2D eigenvalue weighted by atomic mass is 19.1. The number of para-hydroxylation sites is 1. The van der Waals surface area contributed by atoms with Crippen molar-refractivity contribution in [2.45, 2.75) is 12.0 Å². The molecule has 3 aliphatic heterocycles. The Hall–Kier alpha value is -4.92. The quantitative estimate of drug-likeness (QED) is 0.397. The van der Waals surface area contributed by atoms with Crippen LogP contribution in [0.2, 0.25) is 0 Å². The maximum atomic E-state index is 14.2. The van der Waals surface area contributed by atoms with Gasteiger partial charge in [0.2, 0.25) is 12.7 Å². The molecule has 0 saturated heterocycles. The third-order valence-electron chi connectivity index (χ3n) is 7.29. The predicted molar refractivity (Wildman–Crippen MR) is 137 cm³/mol. The number of benzene rings is 4. The second-order valence-electron chi connectivity index (χ2n) is 9.62. The van der Waals surface area contributed by atoms with E-state index in [0.29, 0.717) is 22.8 Å². The van der Waals surface area contributed by atoms with Crippen molar-refractivity contribution in [3.8, 4) is 17.2 Å². The minimum absolute atomic E-state index is 0.00857. The monoisotopic (exact) mass is 526 g/mol. The van der Waals surface area contributed by atoms with Gasteiger partial charge in [-0.2, -0.15) is 0 Å². The fourth-order valence-corrected chi connectivity index (χ4v) is 5.54. The van der Waals surface area contributed by atoms with Gasteiger partial charge in [-0.05, 0) is 47.5 Å². The number of rotatable bonds is 4. The first kappa shape index (κ1) is 23.2. The molecule has 0 aliphatic carbocycles. The van der Waals surface area contributed by atoms with Crippen LogP contribution in [0.4, 0.5) is 20.2 Å². The van der Waals surface area contributed by atoms with E-state index in [1.807, 2.05) is 36.4 Å². The molecular formula is C30H20F2N2O5. The van der Waals surface area contributed by atoms with Crippen LogP contribution >= 0.6 is 0 Å². The zero-order chi connectivity index (χ0) is 26.7. The lowest BCUT2D eigenvalue weighted by atomic mass is 9.77. The number of amides is 2. The first-order valence-electron chi connectivity index (χ1n) is 12.3. The number of ether oxygens (including phenoxy) is 3. The SMILES string of the molecule is O=C(Nc1cc(F)cc(F)c1)c1cccc(CN2C(=O)C3(COc4cc5c(cc43)OCO5)c3ccccc32)c1. The van der Waals surface area contributed by atoms with Gasteiger partial charge in [0, 0.05) is 34.6 Å². The lowest BCUT2D eigenvalue weighted by Crippen LogP contribution is -2.42. The van der Waals surface area contributed by atoms with Gasteiger partial charge in [-0.15, -0.1) is 0 Å². The van der Waals surface area contributed by atoms with Crippen molar-refractivity contribution in [3.63, 3.8) is 0 Å². The molecule has 4 aromatic carbocycles. The summed E-state index contributed by atoms with van der Waals surface area (Å²) in [5.74, 6) is -0.526. The first-order valence-corrected chi connectivity index (χ1v) is 12.3. The van der Waals surface area contributed by atoms with E-state index >= 15 is 0 Å². The van der Waals surface area contributed by atoms with E-state index in [1.165, 1.54) is 0 Å². The maximum Gasteiger partial charge on any atom is 0.255 e. The summed E-state index contributed by atoms with van der Waals surface area (Å²) in [6.07, 6.45) is 0. The van der Waals surface area contributed by atoms with E-state index in [2.05, 4.69) is 5.32 Å². The molecule has 4 aromatic rings. The minimum Gasteiger partial charge on any atom is -0.491 e. The van der Waals surface area contributed by atoms with Gasteiger partial charge in [-0.25, -0.2) is 8.78 Å². The third-order valence-corrected chi connectivity index (χ3v) is 7.29. The molecule has 9 heteroatoms. The summed E-state index contributed by atoms with van der Waals surface area (Å²) in [4.78, 5) is 28.7. The summed E-state index contributed by atoms with van der Waals surface area (Å²) < 4.78 is 44.2. The fourth-order valence-electron chi connectivity index (χ4n) is 5.54. The third kappa shape index (κ3) is 3.61. The van der Waals surface area contributed by atoms with Gasteiger partial charge in [0.25, 0.3) is 5.91 Å². The Morgan fingerprint density at radius 3 is 2.44 bits per heavy atom. The van der Waals surface area contributed by atoms with Crippen molar-refractivity contribution in [3.05, 3.63) is 113 Å². The molecule has 1 spiro atoms. The second kappa shape index (κ2) is 8.56. The number of halogens is 2. The number of nitrogens with zero attached hydrogens (tertiary/aromatic N) is 1. The van der Waals surface area contributed by atoms with Gasteiger partial charge < -0.3 is 24.4 Å². The summed E-state index contributed by atoms with van der Waals surface area (Å²) in [6, 6.07) is 20.7. The van der Waals surface area contributed by atoms with Crippen LogP contribution in [0.3, 0.4) is 0 Å². The van der Waals surface area contributed by atoms with Crippen molar-refractivity contribution in [2.75, 3.05) is 23.6 Å². The normalized spacial score (nSPS) is 18.2. The molecule has 3 aliphatic rings. The van der Waals surface area contributed by atoms with Crippen LogP contribution in [0, 0.1) is 11.6 Å². The van der Waals surface area contributed by atoms with Crippen molar-refractivity contribution in [1.82, 2.24) is 0 Å². The van der Waals surface area contributed by atoms with Crippen LogP contribution in [0.5, 0.6) is 17.2 Å². The molecule has 194 valence electrons. The molecule has 0 aromatic heterocycles. The van der Waals surface area contributed by atoms with Crippen LogP contribution in [0.25, 0.3) is 0 Å². The van der Waals surface area contributed by atoms with Crippen molar-refractivity contribution in [2.24, 2.45) is 0 Å². The van der Waals surface area contributed by atoms with E-state index in [-0.39, 0.29) is 37.1 Å². The average Bonchev–Trinajstić information content (AvgIpc) is 3.59. The van der Waals surface area contributed by atoms with Crippen LogP contribution < -0.4 is 24.4 Å². The lowest BCUT2D eigenvalue weighted by Gasteiger charge is -2.23. The van der Waals surface area contributed by atoms with Crippen LogP contribution in [-0.2, 0) is 16.8 Å². The van der Waals surface area contributed by atoms with Gasteiger partial charge in [-0.1, -0.05) is 30.3 Å². The fraction of sp³-hybridized carbons (Fsp3) is 0.133. The molecule has 0 bridgehead atoms. The number of nitrogens with one attached hydrogen (secondary N) is 1.